The fraction of sp³-hybridized carbons (Fsp3) is 0.571. The second-order valence-corrected chi connectivity index (χ2v) is 5.02. The number of aliphatic hydroxyl groups is 1. The van der Waals surface area contributed by atoms with E-state index in [1.54, 1.807) is 7.11 Å². The van der Waals surface area contributed by atoms with Crippen LogP contribution in [0.1, 0.15) is 31.4 Å². The summed E-state index contributed by atoms with van der Waals surface area (Å²) in [5.41, 5.74) is 2.34. The van der Waals surface area contributed by atoms with Crippen molar-refractivity contribution >= 4 is 0 Å². The van der Waals surface area contributed by atoms with Gasteiger partial charge in [-0.15, -0.1) is 0 Å². The van der Waals surface area contributed by atoms with E-state index in [0.717, 1.165) is 24.3 Å². The normalized spacial score (nSPS) is 11.6. The Morgan fingerprint density at radius 2 is 2.06 bits per heavy atom. The van der Waals surface area contributed by atoms with Crippen LogP contribution in [0.25, 0.3) is 0 Å². The van der Waals surface area contributed by atoms with Crippen LogP contribution in [0.4, 0.5) is 0 Å². The quantitative estimate of drug-likeness (QED) is 0.797. The average molecular weight is 237 g/mol. The first-order valence-corrected chi connectivity index (χ1v) is 5.98. The number of ether oxygens (including phenoxy) is 1. The van der Waals surface area contributed by atoms with Crippen molar-refractivity contribution in [1.29, 1.82) is 0 Å². The topological polar surface area (TPSA) is 41.5 Å². The first-order chi connectivity index (χ1) is 7.98. The van der Waals surface area contributed by atoms with E-state index in [9.17, 15) is 0 Å². The van der Waals surface area contributed by atoms with Gasteiger partial charge in [0.25, 0.3) is 0 Å². The molecule has 0 aliphatic carbocycles. The van der Waals surface area contributed by atoms with E-state index >= 15 is 0 Å². The average Bonchev–Trinajstić information content (AvgIpc) is 2.27. The van der Waals surface area contributed by atoms with Gasteiger partial charge in [0.15, 0.2) is 0 Å². The predicted molar refractivity (Wildman–Crippen MR) is 70.4 cm³/mol. The Bertz CT molecular complexity index is 361. The first-order valence-electron chi connectivity index (χ1n) is 5.98. The van der Waals surface area contributed by atoms with Gasteiger partial charge < -0.3 is 15.2 Å². The van der Waals surface area contributed by atoms with E-state index in [2.05, 4.69) is 31.3 Å². The highest BCUT2D eigenvalue weighted by Crippen LogP contribution is 2.19. The maximum absolute atomic E-state index is 8.95. The van der Waals surface area contributed by atoms with E-state index in [1.165, 1.54) is 5.56 Å². The molecule has 0 saturated heterocycles. The molecule has 0 heterocycles. The minimum atomic E-state index is -0.0391. The molecule has 0 amide bonds. The van der Waals surface area contributed by atoms with Crippen molar-refractivity contribution < 1.29 is 9.84 Å². The van der Waals surface area contributed by atoms with Crippen LogP contribution >= 0.6 is 0 Å². The van der Waals surface area contributed by atoms with Gasteiger partial charge in [0.1, 0.15) is 5.75 Å². The molecule has 0 bridgehead atoms. The summed E-state index contributed by atoms with van der Waals surface area (Å²) in [5.74, 6) is 0.920. The highest BCUT2D eigenvalue weighted by atomic mass is 16.5. The molecule has 0 spiro atoms. The Labute approximate surface area is 104 Å². The van der Waals surface area contributed by atoms with Crippen LogP contribution in [0.15, 0.2) is 18.2 Å². The Morgan fingerprint density at radius 3 is 2.59 bits per heavy atom. The number of hydrogen-bond acceptors (Lipinski definition) is 3. The fourth-order valence-electron chi connectivity index (χ4n) is 1.76. The standard InChI is InChI=1S/C14H23NO2/c1-11-9-12(5-6-13(11)17-4)10-15-14(2,3)7-8-16/h5-6,9,15-16H,7-8,10H2,1-4H3. The summed E-state index contributed by atoms with van der Waals surface area (Å²) in [5, 5.41) is 12.4. The molecule has 0 unspecified atom stereocenters. The molecule has 1 aromatic rings. The zero-order valence-corrected chi connectivity index (χ0v) is 11.2. The Kier molecular flexibility index (Phi) is 4.97. The van der Waals surface area contributed by atoms with Gasteiger partial charge in [-0.1, -0.05) is 12.1 Å². The van der Waals surface area contributed by atoms with Gasteiger partial charge in [-0.05, 0) is 44.4 Å². The lowest BCUT2D eigenvalue weighted by molar-refractivity contribution is 0.230. The van der Waals surface area contributed by atoms with Gasteiger partial charge in [-0.25, -0.2) is 0 Å². The molecule has 0 aromatic heterocycles. The molecule has 1 rings (SSSR count). The summed E-state index contributed by atoms with van der Waals surface area (Å²) in [6.07, 6.45) is 0.752. The first kappa shape index (κ1) is 14.0. The third-order valence-electron chi connectivity index (χ3n) is 2.97. The molecule has 0 saturated carbocycles. The van der Waals surface area contributed by atoms with Gasteiger partial charge in [-0.3, -0.25) is 0 Å². The lowest BCUT2D eigenvalue weighted by Gasteiger charge is -2.25. The van der Waals surface area contributed by atoms with Gasteiger partial charge in [0.2, 0.25) is 0 Å². The molecule has 0 aliphatic heterocycles. The number of hydrogen-bond donors (Lipinski definition) is 2. The molecule has 0 atom stereocenters. The van der Waals surface area contributed by atoms with Crippen LogP contribution in [-0.2, 0) is 6.54 Å². The van der Waals surface area contributed by atoms with Crippen molar-refractivity contribution in [2.45, 2.75) is 39.3 Å². The summed E-state index contributed by atoms with van der Waals surface area (Å²) in [4.78, 5) is 0. The maximum Gasteiger partial charge on any atom is 0.121 e. The summed E-state index contributed by atoms with van der Waals surface area (Å²) in [6.45, 7) is 7.25. The number of rotatable bonds is 6. The second-order valence-electron chi connectivity index (χ2n) is 5.02. The zero-order chi connectivity index (χ0) is 12.9. The Balaban J connectivity index is 2.61. The molecule has 17 heavy (non-hydrogen) atoms. The second kappa shape index (κ2) is 6.03. The van der Waals surface area contributed by atoms with Crippen LogP contribution in [-0.4, -0.2) is 24.4 Å². The van der Waals surface area contributed by atoms with Gasteiger partial charge in [-0.2, -0.15) is 0 Å². The molecule has 0 aliphatic rings. The van der Waals surface area contributed by atoms with Crippen LogP contribution in [0, 0.1) is 6.92 Å². The smallest absolute Gasteiger partial charge is 0.121 e. The third-order valence-corrected chi connectivity index (χ3v) is 2.97. The SMILES string of the molecule is COc1ccc(CNC(C)(C)CCO)cc1C. The van der Waals surface area contributed by atoms with E-state index in [-0.39, 0.29) is 12.1 Å². The fourth-order valence-corrected chi connectivity index (χ4v) is 1.76. The van der Waals surface area contributed by atoms with Crippen molar-refractivity contribution in [3.05, 3.63) is 29.3 Å². The molecule has 1 aromatic carbocycles. The maximum atomic E-state index is 8.95. The van der Waals surface area contributed by atoms with E-state index < -0.39 is 0 Å². The van der Waals surface area contributed by atoms with E-state index in [1.807, 2.05) is 13.0 Å². The number of aliphatic hydroxyl groups excluding tert-OH is 1. The number of nitrogens with one attached hydrogen (secondary N) is 1. The van der Waals surface area contributed by atoms with Crippen molar-refractivity contribution in [2.75, 3.05) is 13.7 Å². The summed E-state index contributed by atoms with van der Waals surface area (Å²) >= 11 is 0. The third kappa shape index (κ3) is 4.36. The van der Waals surface area contributed by atoms with Crippen molar-refractivity contribution in [1.82, 2.24) is 5.32 Å². The number of aryl methyl sites for hydroxylation is 1. The molecule has 0 fully saturated rings. The molecule has 3 heteroatoms. The Hall–Kier alpha value is -1.06. The van der Waals surface area contributed by atoms with Crippen LogP contribution in [0.2, 0.25) is 0 Å². The van der Waals surface area contributed by atoms with Crippen LogP contribution in [0.5, 0.6) is 5.75 Å². The number of benzene rings is 1. The highest BCUT2D eigenvalue weighted by molar-refractivity contribution is 5.36. The van der Waals surface area contributed by atoms with Gasteiger partial charge >= 0.3 is 0 Å². The summed E-state index contributed by atoms with van der Waals surface area (Å²) in [7, 11) is 1.69. The molecule has 3 nitrogen and oxygen atoms in total. The van der Waals surface area contributed by atoms with Gasteiger partial charge in [0.05, 0.1) is 7.11 Å². The van der Waals surface area contributed by atoms with E-state index in [0.29, 0.717) is 0 Å². The predicted octanol–water partition coefficient (Wildman–Crippen LogP) is 2.25. The number of methoxy groups -OCH3 is 1. The van der Waals surface area contributed by atoms with Crippen molar-refractivity contribution in [2.24, 2.45) is 0 Å². The Morgan fingerprint density at radius 1 is 1.35 bits per heavy atom. The minimum absolute atomic E-state index is 0.0391. The van der Waals surface area contributed by atoms with Crippen LogP contribution in [0.3, 0.4) is 0 Å². The van der Waals surface area contributed by atoms with Crippen molar-refractivity contribution in [3.8, 4) is 5.75 Å². The molecule has 2 N–H and O–H groups in total. The van der Waals surface area contributed by atoms with Crippen molar-refractivity contribution in [3.63, 3.8) is 0 Å². The minimum Gasteiger partial charge on any atom is -0.496 e. The van der Waals surface area contributed by atoms with Crippen LogP contribution < -0.4 is 10.1 Å². The summed E-state index contributed by atoms with van der Waals surface area (Å²) in [6, 6.07) is 6.18. The molecule has 0 radical (unpaired) electrons. The zero-order valence-electron chi connectivity index (χ0n) is 11.2. The highest BCUT2D eigenvalue weighted by Gasteiger charge is 2.15. The molecular weight excluding hydrogens is 214 g/mol. The summed E-state index contributed by atoms with van der Waals surface area (Å²) < 4.78 is 5.23. The largest absolute Gasteiger partial charge is 0.496 e. The monoisotopic (exact) mass is 237 g/mol. The van der Waals surface area contributed by atoms with E-state index in [4.69, 9.17) is 9.84 Å². The lowest BCUT2D eigenvalue weighted by Crippen LogP contribution is -2.39. The van der Waals surface area contributed by atoms with Gasteiger partial charge in [0, 0.05) is 18.7 Å². The molecular formula is C14H23NO2. The lowest BCUT2D eigenvalue weighted by atomic mass is 10.0. The molecule has 96 valence electrons.